The average molecular weight is 353 g/mol. The molecule has 0 aromatic carbocycles. The van der Waals surface area contributed by atoms with Gasteiger partial charge >= 0.3 is 100.0 Å². The van der Waals surface area contributed by atoms with Crippen LogP contribution in [0, 0.1) is 0 Å². The van der Waals surface area contributed by atoms with Gasteiger partial charge < -0.3 is 0 Å². The van der Waals surface area contributed by atoms with Gasteiger partial charge in [0.05, 0.1) is 0 Å². The zero-order valence-electron chi connectivity index (χ0n) is 8.94. The molecule has 78 valence electrons. The molecule has 1 nitrogen and oxygen atoms in total. The molecule has 0 spiro atoms. The van der Waals surface area contributed by atoms with Gasteiger partial charge in [0.2, 0.25) is 0 Å². The number of pyridine rings is 1. The van der Waals surface area contributed by atoms with Crippen LogP contribution in [0.5, 0.6) is 0 Å². The standard InChI is InChI=1S/C9H15Cl2Ge2N/c1-12(2,10)8-5-6-9(14-7-8)13(3,4)11/h5-7H,1-4H3. The second-order valence-electron chi connectivity index (χ2n) is 4.38. The van der Waals surface area contributed by atoms with Gasteiger partial charge in [-0.25, -0.2) is 0 Å². The number of rotatable bonds is 2. The summed E-state index contributed by atoms with van der Waals surface area (Å²) in [6, 6.07) is 4.16. The molecule has 1 rings (SSSR count). The molecule has 14 heavy (non-hydrogen) atoms. The molecule has 0 N–H and O–H groups in total. The SMILES string of the molecule is [CH3][Ge]([CH3])([Cl])[c]1cc[c]([Ge]([CH3])([CH3])[Cl])nc1. The molecule has 1 aromatic rings. The summed E-state index contributed by atoms with van der Waals surface area (Å²) in [6.07, 6.45) is 1.91. The predicted octanol–water partition coefficient (Wildman–Crippen LogP) is 2.38. The van der Waals surface area contributed by atoms with Crippen LogP contribution < -0.4 is 8.92 Å². The second-order valence-corrected chi connectivity index (χ2v) is 28.8. The van der Waals surface area contributed by atoms with Crippen molar-refractivity contribution in [2.75, 3.05) is 0 Å². The molecule has 0 bridgehead atoms. The van der Waals surface area contributed by atoms with E-state index in [1.54, 1.807) is 0 Å². The van der Waals surface area contributed by atoms with Crippen molar-refractivity contribution in [1.29, 1.82) is 0 Å². The first-order valence-electron chi connectivity index (χ1n) is 4.56. The summed E-state index contributed by atoms with van der Waals surface area (Å²) in [5, 5.41) is 0. The molecule has 0 aliphatic rings. The third-order valence-electron chi connectivity index (χ3n) is 2.06. The molecule has 0 unspecified atom stereocenters. The van der Waals surface area contributed by atoms with Crippen LogP contribution >= 0.6 is 20.0 Å². The molecule has 0 saturated carbocycles. The molecule has 0 atom stereocenters. The van der Waals surface area contributed by atoms with Gasteiger partial charge in [0.15, 0.2) is 0 Å². The number of nitrogens with zero attached hydrogens (tertiary/aromatic N) is 1. The van der Waals surface area contributed by atoms with Crippen LogP contribution in [0.4, 0.5) is 0 Å². The van der Waals surface area contributed by atoms with Crippen molar-refractivity contribution in [2.45, 2.75) is 23.0 Å². The molecular weight excluding hydrogens is 338 g/mol. The topological polar surface area (TPSA) is 12.9 Å². The van der Waals surface area contributed by atoms with Crippen LogP contribution in [0.2, 0.25) is 23.0 Å². The van der Waals surface area contributed by atoms with Crippen molar-refractivity contribution in [2.24, 2.45) is 0 Å². The molecule has 0 fully saturated rings. The normalized spacial score (nSPS) is 13.0. The summed E-state index contributed by atoms with van der Waals surface area (Å²) in [7, 11) is 12.7. The Morgan fingerprint density at radius 3 is 1.86 bits per heavy atom. The third-order valence-corrected chi connectivity index (χ3v) is 10.9. The average Bonchev–Trinajstić information content (AvgIpc) is 2.01. The van der Waals surface area contributed by atoms with E-state index in [2.05, 4.69) is 40.1 Å². The molecule has 0 aliphatic carbocycles. The molecule has 0 radical (unpaired) electrons. The number of halogens is 2. The van der Waals surface area contributed by atoms with Crippen molar-refractivity contribution in [3.8, 4) is 0 Å². The van der Waals surface area contributed by atoms with E-state index >= 15 is 0 Å². The summed E-state index contributed by atoms with van der Waals surface area (Å²) in [4.78, 5) is 4.43. The molecule has 1 heterocycles. The van der Waals surface area contributed by atoms with E-state index in [0.717, 1.165) is 4.53 Å². The van der Waals surface area contributed by atoms with E-state index in [9.17, 15) is 0 Å². The van der Waals surface area contributed by atoms with E-state index in [1.807, 2.05) is 6.20 Å². The van der Waals surface area contributed by atoms with Crippen LogP contribution in [-0.2, 0) is 0 Å². The monoisotopic (exact) mass is 355 g/mol. The Morgan fingerprint density at radius 1 is 1.00 bits per heavy atom. The third kappa shape index (κ3) is 3.44. The fourth-order valence-electron chi connectivity index (χ4n) is 1.10. The van der Waals surface area contributed by atoms with Crippen LogP contribution in [0.1, 0.15) is 0 Å². The van der Waals surface area contributed by atoms with Crippen LogP contribution in [0.25, 0.3) is 0 Å². The van der Waals surface area contributed by atoms with Crippen molar-refractivity contribution < 1.29 is 0 Å². The zero-order valence-corrected chi connectivity index (χ0v) is 14.6. The Bertz CT molecular complexity index is 278. The minimum atomic E-state index is -2.26. The molecule has 1 aromatic heterocycles. The Balaban J connectivity index is 3.02. The van der Waals surface area contributed by atoms with Gasteiger partial charge in [-0.1, -0.05) is 0 Å². The first-order chi connectivity index (χ1) is 6.21. The van der Waals surface area contributed by atoms with E-state index < -0.39 is 24.7 Å². The maximum absolute atomic E-state index is 6.35. The Morgan fingerprint density at radius 2 is 1.57 bits per heavy atom. The van der Waals surface area contributed by atoms with Gasteiger partial charge in [0, 0.05) is 0 Å². The van der Waals surface area contributed by atoms with E-state index in [1.165, 1.54) is 4.40 Å². The predicted molar refractivity (Wildman–Crippen MR) is 70.2 cm³/mol. The molecule has 5 heteroatoms. The fraction of sp³-hybridized carbons (Fsp3) is 0.444. The molecule has 0 saturated heterocycles. The summed E-state index contributed by atoms with van der Waals surface area (Å²) in [6.45, 7) is 0. The number of aromatic nitrogens is 1. The number of hydrogen-bond donors (Lipinski definition) is 0. The Labute approximate surface area is 99.3 Å². The van der Waals surface area contributed by atoms with Gasteiger partial charge in [0.25, 0.3) is 0 Å². The van der Waals surface area contributed by atoms with Crippen LogP contribution in [0.15, 0.2) is 18.3 Å². The van der Waals surface area contributed by atoms with Gasteiger partial charge in [-0.05, 0) is 0 Å². The van der Waals surface area contributed by atoms with E-state index in [4.69, 9.17) is 20.0 Å². The van der Waals surface area contributed by atoms with Crippen LogP contribution in [-0.4, -0.2) is 29.7 Å². The van der Waals surface area contributed by atoms with Gasteiger partial charge in [0.1, 0.15) is 0 Å². The van der Waals surface area contributed by atoms with Crippen LogP contribution in [0.3, 0.4) is 0 Å². The first-order valence-corrected chi connectivity index (χ1v) is 20.6. The summed E-state index contributed by atoms with van der Waals surface area (Å²) >= 11 is -4.47. The van der Waals surface area contributed by atoms with E-state index in [-0.39, 0.29) is 0 Å². The first kappa shape index (κ1) is 12.9. The van der Waals surface area contributed by atoms with Crippen molar-refractivity contribution in [3.63, 3.8) is 0 Å². The van der Waals surface area contributed by atoms with Crippen molar-refractivity contribution >= 4 is 53.6 Å². The molecule has 0 aliphatic heterocycles. The quantitative estimate of drug-likeness (QED) is 0.744. The van der Waals surface area contributed by atoms with Gasteiger partial charge in [-0.15, -0.1) is 0 Å². The van der Waals surface area contributed by atoms with Crippen molar-refractivity contribution in [3.05, 3.63) is 18.3 Å². The van der Waals surface area contributed by atoms with E-state index in [0.29, 0.717) is 0 Å². The summed E-state index contributed by atoms with van der Waals surface area (Å²) < 4.78 is 2.30. The maximum atomic E-state index is 6.35. The zero-order chi connectivity index (χ0) is 11.0. The Kier molecular flexibility index (Phi) is 4.01. The fourth-order valence-corrected chi connectivity index (χ4v) is 5.83. The summed E-state index contributed by atoms with van der Waals surface area (Å²) in [5.74, 6) is 8.53. The summed E-state index contributed by atoms with van der Waals surface area (Å²) in [5.41, 5.74) is 0. The Hall–Kier alpha value is 0.816. The molecule has 0 amide bonds. The van der Waals surface area contributed by atoms with Gasteiger partial charge in [-0.3, -0.25) is 0 Å². The molecular formula is C9H15Cl2Ge2N. The second kappa shape index (κ2) is 4.36. The van der Waals surface area contributed by atoms with Gasteiger partial charge in [-0.2, -0.15) is 0 Å². The minimum absolute atomic E-state index is 1.08. The number of hydrogen-bond acceptors (Lipinski definition) is 1. The van der Waals surface area contributed by atoms with Crippen molar-refractivity contribution in [1.82, 2.24) is 4.98 Å².